The van der Waals surface area contributed by atoms with Crippen LogP contribution in [0.25, 0.3) is 0 Å². The molecule has 2 aromatic rings. The molecular formula is C19H19N5O3. The highest BCUT2D eigenvalue weighted by Gasteiger charge is 2.09. The Morgan fingerprint density at radius 1 is 1.19 bits per heavy atom. The average Bonchev–Trinajstić information content (AvgIpc) is 2.70. The summed E-state index contributed by atoms with van der Waals surface area (Å²) < 4.78 is 0. The lowest BCUT2D eigenvalue weighted by Crippen LogP contribution is -2.13. The number of nitrogens with zero attached hydrogens (tertiary/aromatic N) is 4. The molecule has 0 spiro atoms. The number of non-ortho nitro benzene ring substituents is 1. The highest BCUT2D eigenvalue weighted by molar-refractivity contribution is 6.47. The minimum absolute atomic E-state index is 0.0131. The van der Waals surface area contributed by atoms with Crippen molar-refractivity contribution in [2.75, 3.05) is 0 Å². The Morgan fingerprint density at radius 3 is 2.44 bits per heavy atom. The SMILES string of the molecule is CCC(=N)O/N=C(C)/C(=N/N=C/c1ccc([N+](=O)[O-])cc1)c1ccccc1. The lowest BCUT2D eigenvalue weighted by atomic mass is 10.1. The van der Waals surface area contributed by atoms with Gasteiger partial charge in [0.05, 0.1) is 11.1 Å². The summed E-state index contributed by atoms with van der Waals surface area (Å²) in [5.74, 6) is 0.0520. The molecule has 2 aromatic carbocycles. The van der Waals surface area contributed by atoms with Gasteiger partial charge in [-0.1, -0.05) is 42.4 Å². The van der Waals surface area contributed by atoms with E-state index in [-0.39, 0.29) is 11.6 Å². The molecule has 8 heteroatoms. The number of nitrogens with one attached hydrogen (secondary N) is 1. The minimum Gasteiger partial charge on any atom is -0.342 e. The molecule has 0 heterocycles. The van der Waals surface area contributed by atoms with E-state index in [9.17, 15) is 10.1 Å². The monoisotopic (exact) mass is 365 g/mol. The van der Waals surface area contributed by atoms with Gasteiger partial charge in [0.25, 0.3) is 5.69 Å². The van der Waals surface area contributed by atoms with E-state index < -0.39 is 4.92 Å². The average molecular weight is 365 g/mol. The molecule has 0 aliphatic rings. The third-order valence-corrected chi connectivity index (χ3v) is 3.47. The number of rotatable bonds is 7. The van der Waals surface area contributed by atoms with Crippen molar-refractivity contribution in [2.45, 2.75) is 20.3 Å². The first-order chi connectivity index (χ1) is 13.0. The first-order valence-electron chi connectivity index (χ1n) is 8.21. The van der Waals surface area contributed by atoms with Gasteiger partial charge in [-0.3, -0.25) is 15.5 Å². The van der Waals surface area contributed by atoms with Gasteiger partial charge in [-0.25, -0.2) is 0 Å². The summed E-state index contributed by atoms with van der Waals surface area (Å²) in [6.07, 6.45) is 1.93. The van der Waals surface area contributed by atoms with Gasteiger partial charge in [0.2, 0.25) is 5.90 Å². The fourth-order valence-electron chi connectivity index (χ4n) is 2.00. The van der Waals surface area contributed by atoms with E-state index in [1.54, 1.807) is 26.0 Å². The minimum atomic E-state index is -0.458. The quantitative estimate of drug-likeness (QED) is 0.343. The van der Waals surface area contributed by atoms with E-state index in [2.05, 4.69) is 15.4 Å². The smallest absolute Gasteiger partial charge is 0.269 e. The molecule has 8 nitrogen and oxygen atoms in total. The normalized spacial score (nSPS) is 12.2. The third-order valence-electron chi connectivity index (χ3n) is 3.47. The molecular weight excluding hydrogens is 346 g/mol. The van der Waals surface area contributed by atoms with Crippen molar-refractivity contribution in [1.29, 1.82) is 5.41 Å². The van der Waals surface area contributed by atoms with Gasteiger partial charge in [-0.15, -0.1) is 5.10 Å². The van der Waals surface area contributed by atoms with Crippen LogP contribution in [-0.4, -0.2) is 28.5 Å². The van der Waals surface area contributed by atoms with Gasteiger partial charge in [0, 0.05) is 24.1 Å². The summed E-state index contributed by atoms with van der Waals surface area (Å²) in [5, 5.41) is 30.4. The Bertz CT molecular complexity index is 887. The maximum Gasteiger partial charge on any atom is 0.269 e. The van der Waals surface area contributed by atoms with Crippen molar-refractivity contribution in [2.24, 2.45) is 15.4 Å². The van der Waals surface area contributed by atoms with Gasteiger partial charge in [-0.05, 0) is 24.6 Å². The van der Waals surface area contributed by atoms with Crippen LogP contribution in [0, 0.1) is 15.5 Å². The van der Waals surface area contributed by atoms with Gasteiger partial charge in [0.1, 0.15) is 11.4 Å². The molecule has 0 saturated carbocycles. The standard InChI is InChI=1S/C19H19N5O3/c1-3-18(20)27-23-14(2)19(16-7-5-4-6-8-16)22-21-13-15-9-11-17(12-10-15)24(25)26/h4-13,20H,3H2,1-2H3/b20-18?,21-13+,22-19-,23-14+. The molecule has 27 heavy (non-hydrogen) atoms. The zero-order chi connectivity index (χ0) is 19.6. The third kappa shape index (κ3) is 5.96. The predicted molar refractivity (Wildman–Crippen MR) is 106 cm³/mol. The Labute approximate surface area is 156 Å². The molecule has 2 rings (SSSR count). The second-order valence-electron chi connectivity index (χ2n) is 5.45. The molecule has 0 bridgehead atoms. The fourth-order valence-corrected chi connectivity index (χ4v) is 2.00. The summed E-state index contributed by atoms with van der Waals surface area (Å²) >= 11 is 0. The molecule has 0 amide bonds. The van der Waals surface area contributed by atoms with Gasteiger partial charge >= 0.3 is 0 Å². The van der Waals surface area contributed by atoms with E-state index in [1.165, 1.54) is 18.3 Å². The highest BCUT2D eigenvalue weighted by Crippen LogP contribution is 2.11. The van der Waals surface area contributed by atoms with Gasteiger partial charge in [-0.2, -0.15) is 5.10 Å². The zero-order valence-corrected chi connectivity index (χ0v) is 15.0. The number of hydrogen-bond acceptors (Lipinski definition) is 7. The van der Waals surface area contributed by atoms with Crippen LogP contribution >= 0.6 is 0 Å². The first kappa shape index (κ1) is 19.6. The van der Waals surface area contributed by atoms with Crippen LogP contribution in [0.4, 0.5) is 5.69 Å². The largest absolute Gasteiger partial charge is 0.342 e. The number of benzene rings is 2. The highest BCUT2D eigenvalue weighted by atomic mass is 16.6. The van der Waals surface area contributed by atoms with Crippen LogP contribution in [0.2, 0.25) is 0 Å². The second kappa shape index (κ2) is 9.71. The van der Waals surface area contributed by atoms with Crippen molar-refractivity contribution in [3.8, 4) is 0 Å². The lowest BCUT2D eigenvalue weighted by Gasteiger charge is -2.05. The summed E-state index contributed by atoms with van der Waals surface area (Å²) in [4.78, 5) is 15.3. The summed E-state index contributed by atoms with van der Waals surface area (Å²) in [6, 6.07) is 15.3. The van der Waals surface area contributed by atoms with Crippen LogP contribution in [0.3, 0.4) is 0 Å². The summed E-state index contributed by atoms with van der Waals surface area (Å²) in [5.41, 5.74) is 2.46. The van der Waals surface area contributed by atoms with E-state index >= 15 is 0 Å². The Balaban J connectivity index is 2.27. The molecule has 0 aliphatic carbocycles. The molecule has 0 aromatic heterocycles. The second-order valence-corrected chi connectivity index (χ2v) is 5.45. The number of oxime groups is 1. The Morgan fingerprint density at radius 2 is 1.85 bits per heavy atom. The fraction of sp³-hybridized carbons (Fsp3) is 0.158. The van der Waals surface area contributed by atoms with Crippen LogP contribution in [0.5, 0.6) is 0 Å². The molecule has 0 fully saturated rings. The van der Waals surface area contributed by atoms with E-state index in [0.717, 1.165) is 5.56 Å². The maximum absolute atomic E-state index is 10.7. The van der Waals surface area contributed by atoms with Crippen molar-refractivity contribution >= 4 is 29.2 Å². The topological polar surface area (TPSA) is 113 Å². The first-order valence-corrected chi connectivity index (χ1v) is 8.21. The Kier molecular flexibility index (Phi) is 7.07. The van der Waals surface area contributed by atoms with Crippen molar-refractivity contribution < 1.29 is 9.76 Å². The van der Waals surface area contributed by atoms with Crippen molar-refractivity contribution in [3.05, 3.63) is 75.8 Å². The van der Waals surface area contributed by atoms with Crippen LogP contribution in [-0.2, 0) is 4.84 Å². The molecule has 0 atom stereocenters. The van der Waals surface area contributed by atoms with Gasteiger partial charge in [0.15, 0.2) is 0 Å². The molecule has 0 radical (unpaired) electrons. The Hall–Kier alpha value is -3.68. The molecule has 0 aliphatic heterocycles. The number of hydrogen-bond donors (Lipinski definition) is 1. The number of nitro benzene ring substituents is 1. The molecule has 1 N–H and O–H groups in total. The summed E-state index contributed by atoms with van der Waals surface area (Å²) in [7, 11) is 0. The van der Waals surface area contributed by atoms with E-state index in [0.29, 0.717) is 23.4 Å². The van der Waals surface area contributed by atoms with E-state index in [1.807, 2.05) is 30.3 Å². The summed E-state index contributed by atoms with van der Waals surface area (Å²) in [6.45, 7) is 3.52. The maximum atomic E-state index is 10.7. The van der Waals surface area contributed by atoms with E-state index in [4.69, 9.17) is 10.2 Å². The lowest BCUT2D eigenvalue weighted by molar-refractivity contribution is -0.384. The molecule has 0 saturated heterocycles. The number of nitro groups is 1. The van der Waals surface area contributed by atoms with Crippen molar-refractivity contribution in [1.82, 2.24) is 0 Å². The van der Waals surface area contributed by atoms with Gasteiger partial charge < -0.3 is 4.84 Å². The van der Waals surface area contributed by atoms with Crippen LogP contribution < -0.4 is 0 Å². The molecule has 0 unspecified atom stereocenters. The molecule has 138 valence electrons. The predicted octanol–water partition coefficient (Wildman–Crippen LogP) is 4.20. The zero-order valence-electron chi connectivity index (χ0n) is 15.0. The van der Waals surface area contributed by atoms with Crippen molar-refractivity contribution in [3.63, 3.8) is 0 Å². The van der Waals surface area contributed by atoms with Crippen LogP contribution in [0.15, 0.2) is 70.0 Å². The van der Waals surface area contributed by atoms with Crippen LogP contribution in [0.1, 0.15) is 31.4 Å².